The van der Waals surface area contributed by atoms with Crippen LogP contribution in [0.5, 0.6) is 11.5 Å². The van der Waals surface area contributed by atoms with Crippen LogP contribution in [0.3, 0.4) is 0 Å². The van der Waals surface area contributed by atoms with E-state index in [-0.39, 0.29) is 17.9 Å². The van der Waals surface area contributed by atoms with Crippen molar-refractivity contribution in [1.82, 2.24) is 5.01 Å². The third-order valence-corrected chi connectivity index (χ3v) is 7.06. The number of carbonyl (C=O) groups excluding carboxylic acids is 1. The minimum absolute atomic E-state index is 0.105. The summed E-state index contributed by atoms with van der Waals surface area (Å²) in [6.07, 6.45) is 5.10. The Morgan fingerprint density at radius 1 is 0.971 bits per heavy atom. The number of ether oxygens (including phenoxy) is 2. The van der Waals surface area contributed by atoms with E-state index in [4.69, 9.17) is 26.2 Å². The SMILES string of the molecule is COc1ccc(/C=C2/CCC[C@@H]3C2=NN(C(=O)c2ccccc2Cl)[C@@H]3c2ccc(OC)cc2)cc1. The van der Waals surface area contributed by atoms with Crippen molar-refractivity contribution in [3.63, 3.8) is 0 Å². The normalized spacial score (nSPS) is 20.4. The van der Waals surface area contributed by atoms with Gasteiger partial charge in [-0.15, -0.1) is 0 Å². The molecule has 5 nitrogen and oxygen atoms in total. The highest BCUT2D eigenvalue weighted by Gasteiger charge is 2.44. The largest absolute Gasteiger partial charge is 0.497 e. The molecule has 0 bridgehead atoms. The van der Waals surface area contributed by atoms with Crippen LogP contribution in [0.1, 0.15) is 46.8 Å². The second kappa shape index (κ2) is 9.96. The summed E-state index contributed by atoms with van der Waals surface area (Å²) in [6.45, 7) is 0. The summed E-state index contributed by atoms with van der Waals surface area (Å²) in [5.74, 6) is 1.51. The Morgan fingerprint density at radius 2 is 1.63 bits per heavy atom. The predicted octanol–water partition coefficient (Wildman–Crippen LogP) is 6.79. The Kier molecular flexibility index (Phi) is 6.60. The van der Waals surface area contributed by atoms with E-state index >= 15 is 0 Å². The van der Waals surface area contributed by atoms with E-state index in [0.29, 0.717) is 10.6 Å². The third-order valence-electron chi connectivity index (χ3n) is 6.73. The average molecular weight is 487 g/mol. The van der Waals surface area contributed by atoms with Crippen LogP contribution in [0.2, 0.25) is 5.02 Å². The predicted molar refractivity (Wildman–Crippen MR) is 139 cm³/mol. The monoisotopic (exact) mass is 486 g/mol. The van der Waals surface area contributed by atoms with Gasteiger partial charge in [0.05, 0.1) is 36.6 Å². The maximum absolute atomic E-state index is 13.7. The van der Waals surface area contributed by atoms with Gasteiger partial charge in [-0.05, 0) is 78.4 Å². The highest BCUT2D eigenvalue weighted by atomic mass is 35.5. The van der Waals surface area contributed by atoms with Gasteiger partial charge in [0.1, 0.15) is 11.5 Å². The summed E-state index contributed by atoms with van der Waals surface area (Å²) in [5.41, 5.74) is 4.71. The van der Waals surface area contributed by atoms with Crippen molar-refractivity contribution in [2.24, 2.45) is 11.0 Å². The number of carbonyl (C=O) groups is 1. The van der Waals surface area contributed by atoms with Crippen LogP contribution < -0.4 is 9.47 Å². The van der Waals surface area contributed by atoms with Crippen molar-refractivity contribution in [3.05, 3.63) is 100 Å². The molecular formula is C29H27ClN2O3. The molecule has 0 radical (unpaired) electrons. The van der Waals surface area contributed by atoms with Crippen molar-refractivity contribution >= 4 is 29.3 Å². The van der Waals surface area contributed by atoms with Crippen molar-refractivity contribution < 1.29 is 14.3 Å². The maximum atomic E-state index is 13.7. The molecule has 3 aromatic carbocycles. The van der Waals surface area contributed by atoms with E-state index in [2.05, 4.69) is 6.08 Å². The molecule has 2 atom stereocenters. The number of methoxy groups -OCH3 is 2. The fourth-order valence-electron chi connectivity index (χ4n) is 4.96. The molecule has 0 saturated heterocycles. The Balaban J connectivity index is 1.56. The van der Waals surface area contributed by atoms with Crippen molar-refractivity contribution in [2.45, 2.75) is 25.3 Å². The second-order valence-corrected chi connectivity index (χ2v) is 9.18. The summed E-state index contributed by atoms with van der Waals surface area (Å²) in [6, 6.07) is 22.8. The molecule has 6 heteroatoms. The van der Waals surface area contributed by atoms with Crippen molar-refractivity contribution in [1.29, 1.82) is 0 Å². The molecule has 1 amide bonds. The maximum Gasteiger partial charge on any atom is 0.276 e. The van der Waals surface area contributed by atoms with Gasteiger partial charge in [0, 0.05) is 5.92 Å². The molecule has 1 saturated carbocycles. The number of hydrogen-bond donors (Lipinski definition) is 0. The number of nitrogens with zero attached hydrogens (tertiary/aromatic N) is 2. The zero-order valence-corrected chi connectivity index (χ0v) is 20.5. The lowest BCUT2D eigenvalue weighted by atomic mass is 9.77. The lowest BCUT2D eigenvalue weighted by Gasteiger charge is -2.30. The van der Waals surface area contributed by atoms with Gasteiger partial charge in [-0.3, -0.25) is 4.79 Å². The number of hydrazone groups is 1. The van der Waals surface area contributed by atoms with Gasteiger partial charge in [-0.2, -0.15) is 5.10 Å². The lowest BCUT2D eigenvalue weighted by Crippen LogP contribution is -2.32. The van der Waals surface area contributed by atoms with Crippen LogP contribution >= 0.6 is 11.6 Å². The van der Waals surface area contributed by atoms with E-state index in [9.17, 15) is 4.79 Å². The number of amides is 1. The van der Waals surface area contributed by atoms with Gasteiger partial charge in [0.2, 0.25) is 0 Å². The number of allylic oxidation sites excluding steroid dienone is 1. The molecule has 0 N–H and O–H groups in total. The van der Waals surface area contributed by atoms with E-state index in [1.54, 1.807) is 31.4 Å². The summed E-state index contributed by atoms with van der Waals surface area (Å²) in [5, 5.41) is 7.02. The topological polar surface area (TPSA) is 51.1 Å². The molecule has 1 aliphatic carbocycles. The van der Waals surface area contributed by atoms with Gasteiger partial charge < -0.3 is 9.47 Å². The quantitative estimate of drug-likeness (QED) is 0.398. The Labute approximate surface area is 210 Å². The highest BCUT2D eigenvalue weighted by molar-refractivity contribution is 6.33. The van der Waals surface area contributed by atoms with Crippen molar-refractivity contribution in [2.75, 3.05) is 14.2 Å². The molecule has 2 aliphatic rings. The Morgan fingerprint density at radius 3 is 2.29 bits per heavy atom. The van der Waals surface area contributed by atoms with Crippen LogP contribution in [-0.2, 0) is 0 Å². The molecule has 1 aliphatic heterocycles. The third kappa shape index (κ3) is 4.56. The number of rotatable bonds is 5. The average Bonchev–Trinajstić information content (AvgIpc) is 3.30. The van der Waals surface area contributed by atoms with Crippen LogP contribution in [0.4, 0.5) is 0 Å². The first-order valence-corrected chi connectivity index (χ1v) is 12.1. The minimum Gasteiger partial charge on any atom is -0.497 e. The fraction of sp³-hybridized carbons (Fsp3) is 0.241. The Hall–Kier alpha value is -3.57. The number of benzene rings is 3. The molecule has 3 aromatic rings. The molecule has 0 unspecified atom stereocenters. The summed E-state index contributed by atoms with van der Waals surface area (Å²) < 4.78 is 10.6. The van der Waals surface area contributed by atoms with Gasteiger partial charge >= 0.3 is 0 Å². The summed E-state index contributed by atoms with van der Waals surface area (Å²) in [4.78, 5) is 13.7. The number of halogens is 1. The molecular weight excluding hydrogens is 460 g/mol. The van der Waals surface area contributed by atoms with Gasteiger partial charge in [0.15, 0.2) is 0 Å². The van der Waals surface area contributed by atoms with Crippen LogP contribution in [-0.4, -0.2) is 30.8 Å². The standard InChI is InChI=1S/C29H27ClN2O3/c1-34-22-14-10-19(11-15-22)18-21-6-5-8-25-27(21)31-32(29(33)24-7-3-4-9-26(24)30)28(25)20-12-16-23(35-2)17-13-20/h3-4,7,9-18,25,28H,5-6,8H2,1-2H3/b21-18-/t25-,28-/m1/s1. The molecule has 1 fully saturated rings. The lowest BCUT2D eigenvalue weighted by molar-refractivity contribution is 0.0681. The van der Waals surface area contributed by atoms with E-state index in [1.807, 2.05) is 60.7 Å². The van der Waals surface area contributed by atoms with Crippen LogP contribution in [0, 0.1) is 5.92 Å². The molecule has 5 rings (SSSR count). The number of hydrogen-bond acceptors (Lipinski definition) is 4. The van der Waals surface area contributed by atoms with Gasteiger partial charge in [-0.1, -0.05) is 48.0 Å². The molecule has 0 spiro atoms. The second-order valence-electron chi connectivity index (χ2n) is 8.77. The molecule has 35 heavy (non-hydrogen) atoms. The van der Waals surface area contributed by atoms with E-state index in [0.717, 1.165) is 47.6 Å². The summed E-state index contributed by atoms with van der Waals surface area (Å²) >= 11 is 6.41. The molecule has 0 aromatic heterocycles. The zero-order valence-electron chi connectivity index (χ0n) is 19.8. The van der Waals surface area contributed by atoms with Gasteiger partial charge in [0.25, 0.3) is 5.91 Å². The molecule has 178 valence electrons. The van der Waals surface area contributed by atoms with Gasteiger partial charge in [-0.25, -0.2) is 5.01 Å². The smallest absolute Gasteiger partial charge is 0.276 e. The minimum atomic E-state index is -0.209. The van der Waals surface area contributed by atoms with Crippen molar-refractivity contribution in [3.8, 4) is 11.5 Å². The number of fused-ring (bicyclic) bond motifs is 1. The van der Waals surface area contributed by atoms with Crippen LogP contribution in [0.25, 0.3) is 6.08 Å². The zero-order chi connectivity index (χ0) is 24.4. The highest BCUT2D eigenvalue weighted by Crippen LogP contribution is 2.45. The first kappa shape index (κ1) is 23.2. The fourth-order valence-corrected chi connectivity index (χ4v) is 5.18. The Bertz CT molecular complexity index is 1280. The van der Waals surface area contributed by atoms with Crippen LogP contribution in [0.15, 0.2) is 83.5 Å². The van der Waals surface area contributed by atoms with E-state index in [1.165, 1.54) is 5.57 Å². The summed E-state index contributed by atoms with van der Waals surface area (Å²) in [7, 11) is 3.31. The first-order chi connectivity index (χ1) is 17.1. The molecule has 1 heterocycles. The van der Waals surface area contributed by atoms with E-state index < -0.39 is 0 Å². The first-order valence-electron chi connectivity index (χ1n) is 11.7.